The molecule has 0 aromatic heterocycles. The number of benzene rings is 2. The summed E-state index contributed by atoms with van der Waals surface area (Å²) in [6.07, 6.45) is 7.90. The van der Waals surface area contributed by atoms with E-state index in [2.05, 4.69) is 17.1 Å². The van der Waals surface area contributed by atoms with Crippen LogP contribution in [0.1, 0.15) is 55.8 Å². The third-order valence-electron chi connectivity index (χ3n) is 9.82. The molecule has 4 aliphatic carbocycles. The predicted molar refractivity (Wildman–Crippen MR) is 148 cm³/mol. The van der Waals surface area contributed by atoms with Crippen LogP contribution in [-0.2, 0) is 0 Å². The van der Waals surface area contributed by atoms with Crippen LogP contribution in [0.5, 0.6) is 5.75 Å². The zero-order valence-electron chi connectivity index (χ0n) is 22.4. The minimum absolute atomic E-state index is 0.0300. The molecule has 0 unspecified atom stereocenters. The first-order chi connectivity index (χ1) is 18.3. The zero-order chi connectivity index (χ0) is 26.4. The van der Waals surface area contributed by atoms with Crippen molar-refractivity contribution in [1.82, 2.24) is 4.90 Å². The van der Waals surface area contributed by atoms with Crippen LogP contribution in [0, 0.1) is 33.3 Å². The number of nitrogens with zero attached hydrogens (tertiary/aromatic N) is 3. The van der Waals surface area contributed by atoms with Gasteiger partial charge in [-0.2, -0.15) is 0 Å². The Balaban J connectivity index is 1.17. The number of hydrogen-bond donors (Lipinski definition) is 1. The summed E-state index contributed by atoms with van der Waals surface area (Å²) >= 11 is 0. The number of para-hydroxylation sites is 1. The zero-order valence-corrected chi connectivity index (χ0v) is 22.4. The largest absolute Gasteiger partial charge is 0.496 e. The minimum Gasteiger partial charge on any atom is -0.496 e. The van der Waals surface area contributed by atoms with Crippen molar-refractivity contribution < 1.29 is 14.5 Å². The normalized spacial score (nSPS) is 28.7. The second kappa shape index (κ2) is 9.79. The van der Waals surface area contributed by atoms with E-state index in [0.29, 0.717) is 43.2 Å². The molecule has 0 spiro atoms. The van der Waals surface area contributed by atoms with Crippen molar-refractivity contribution in [2.75, 3.05) is 43.5 Å². The predicted octanol–water partition coefficient (Wildman–Crippen LogP) is 5.58. The van der Waals surface area contributed by atoms with E-state index in [0.717, 1.165) is 23.4 Å². The Morgan fingerprint density at radius 2 is 1.66 bits per heavy atom. The molecule has 202 valence electrons. The first kappa shape index (κ1) is 25.0. The Morgan fingerprint density at radius 1 is 1.03 bits per heavy atom. The monoisotopic (exact) mass is 518 g/mol. The average molecular weight is 519 g/mol. The molecule has 4 saturated carbocycles. The highest BCUT2D eigenvalue weighted by Crippen LogP contribution is 2.61. The number of methoxy groups -OCH3 is 1. The van der Waals surface area contributed by atoms with E-state index in [1.54, 1.807) is 25.3 Å². The number of ether oxygens (including phenoxy) is 1. The summed E-state index contributed by atoms with van der Waals surface area (Å²) in [7, 11) is 1.58. The van der Waals surface area contributed by atoms with E-state index in [-0.39, 0.29) is 28.0 Å². The summed E-state index contributed by atoms with van der Waals surface area (Å²) in [6, 6.07) is 12.9. The Morgan fingerprint density at radius 3 is 2.26 bits per heavy atom. The minimum atomic E-state index is -0.275. The number of rotatable bonds is 7. The molecule has 0 radical (unpaired) electrons. The fraction of sp³-hybridized carbons (Fsp3) is 0.567. The number of hydrogen-bond acceptors (Lipinski definition) is 6. The maximum Gasteiger partial charge on any atom is 0.292 e. The molecule has 2 aromatic carbocycles. The van der Waals surface area contributed by atoms with Crippen LogP contribution >= 0.6 is 0 Å². The summed E-state index contributed by atoms with van der Waals surface area (Å²) in [5, 5.41) is 15.6. The van der Waals surface area contributed by atoms with Crippen molar-refractivity contribution >= 4 is 23.0 Å². The Bertz CT molecular complexity index is 1190. The quantitative estimate of drug-likeness (QED) is 0.380. The van der Waals surface area contributed by atoms with E-state index >= 15 is 0 Å². The number of anilines is 2. The number of amides is 1. The van der Waals surface area contributed by atoms with E-state index in [4.69, 9.17) is 4.74 Å². The summed E-state index contributed by atoms with van der Waals surface area (Å²) in [4.78, 5) is 28.9. The summed E-state index contributed by atoms with van der Waals surface area (Å²) in [6.45, 7) is 4.75. The molecule has 5 aliphatic rings. The second-order valence-electron chi connectivity index (χ2n) is 12.1. The lowest BCUT2D eigenvalue weighted by atomic mass is 9.48. The van der Waals surface area contributed by atoms with Crippen molar-refractivity contribution in [2.24, 2.45) is 23.2 Å². The smallest absolute Gasteiger partial charge is 0.292 e. The number of carbonyl (C=O) groups excluding carboxylic acids is 1. The molecule has 1 heterocycles. The Hall–Kier alpha value is -3.29. The van der Waals surface area contributed by atoms with Gasteiger partial charge in [0.2, 0.25) is 0 Å². The highest BCUT2D eigenvalue weighted by Gasteiger charge is 2.53. The van der Waals surface area contributed by atoms with Crippen LogP contribution < -0.4 is 15.0 Å². The molecule has 2 aromatic rings. The molecule has 8 nitrogen and oxygen atoms in total. The second-order valence-corrected chi connectivity index (χ2v) is 12.1. The van der Waals surface area contributed by atoms with Gasteiger partial charge in [-0.05, 0) is 92.9 Å². The summed E-state index contributed by atoms with van der Waals surface area (Å²) < 4.78 is 5.38. The van der Waals surface area contributed by atoms with Crippen molar-refractivity contribution in [3.63, 3.8) is 0 Å². The average Bonchev–Trinajstić information content (AvgIpc) is 2.92. The third kappa shape index (κ3) is 4.48. The lowest BCUT2D eigenvalue weighted by Gasteiger charge is -2.59. The fourth-order valence-electron chi connectivity index (χ4n) is 8.25. The highest BCUT2D eigenvalue weighted by molar-refractivity contribution is 5.97. The molecule has 1 saturated heterocycles. The molecule has 1 atom stereocenters. The van der Waals surface area contributed by atoms with Gasteiger partial charge in [-0.25, -0.2) is 0 Å². The maximum absolute atomic E-state index is 13.1. The number of piperazine rings is 1. The SMILES string of the molecule is COc1ccccc1C(=O)N1CCN(c2ccc([N+](=O)[O-])c(N[C@@H](C)C34CC5CC(CC(C5)C3)C4)c2)CC1. The lowest BCUT2D eigenvalue weighted by molar-refractivity contribution is -0.384. The summed E-state index contributed by atoms with van der Waals surface area (Å²) in [5.74, 6) is 3.06. The Kier molecular flexibility index (Phi) is 6.44. The maximum atomic E-state index is 13.1. The van der Waals surface area contributed by atoms with Gasteiger partial charge in [-0.3, -0.25) is 14.9 Å². The molecule has 8 heteroatoms. The lowest BCUT2D eigenvalue weighted by Crippen LogP contribution is -2.53. The van der Waals surface area contributed by atoms with Crippen LogP contribution in [0.2, 0.25) is 0 Å². The van der Waals surface area contributed by atoms with Gasteiger partial charge in [0.1, 0.15) is 11.4 Å². The van der Waals surface area contributed by atoms with Crippen molar-refractivity contribution in [3.8, 4) is 5.75 Å². The Labute approximate surface area is 224 Å². The standard InChI is InChI=1S/C30H38N4O4/c1-20(30-17-21-13-22(18-30)15-23(14-21)19-30)31-26-16-24(7-8-27(26)34(36)37)32-9-11-33(12-10-32)29(35)25-5-3-4-6-28(25)38-2/h3-8,16,20-23,31H,9-15,17-19H2,1-2H3/t20-,21?,22?,23?,30?/m0/s1. The molecule has 4 bridgehead atoms. The van der Waals surface area contributed by atoms with Crippen LogP contribution in [-0.4, -0.2) is 55.1 Å². The molecule has 7 rings (SSSR count). The van der Waals surface area contributed by atoms with E-state index in [1.165, 1.54) is 38.5 Å². The topological polar surface area (TPSA) is 88.0 Å². The number of nitrogens with one attached hydrogen (secondary N) is 1. The van der Waals surface area contributed by atoms with Gasteiger partial charge >= 0.3 is 0 Å². The molecular weight excluding hydrogens is 480 g/mol. The molecule has 5 fully saturated rings. The molecule has 38 heavy (non-hydrogen) atoms. The fourth-order valence-corrected chi connectivity index (χ4v) is 8.25. The highest BCUT2D eigenvalue weighted by atomic mass is 16.6. The summed E-state index contributed by atoms with van der Waals surface area (Å²) in [5.41, 5.74) is 2.53. The first-order valence-electron chi connectivity index (χ1n) is 14.1. The van der Waals surface area contributed by atoms with Gasteiger partial charge in [-0.15, -0.1) is 0 Å². The van der Waals surface area contributed by atoms with Gasteiger partial charge in [0, 0.05) is 44.0 Å². The van der Waals surface area contributed by atoms with Crippen LogP contribution in [0.4, 0.5) is 17.1 Å². The van der Waals surface area contributed by atoms with Crippen LogP contribution in [0.25, 0.3) is 0 Å². The van der Waals surface area contributed by atoms with Gasteiger partial charge in [0.15, 0.2) is 0 Å². The van der Waals surface area contributed by atoms with Crippen LogP contribution in [0.15, 0.2) is 42.5 Å². The molecular formula is C30H38N4O4. The first-order valence-corrected chi connectivity index (χ1v) is 14.1. The van der Waals surface area contributed by atoms with Gasteiger partial charge < -0.3 is 19.9 Å². The molecule has 1 aliphatic heterocycles. The number of nitro benzene ring substituents is 1. The van der Waals surface area contributed by atoms with E-state index in [9.17, 15) is 14.9 Å². The van der Waals surface area contributed by atoms with Crippen molar-refractivity contribution in [1.29, 1.82) is 0 Å². The molecule has 1 amide bonds. The number of nitro groups is 1. The third-order valence-corrected chi connectivity index (χ3v) is 9.82. The van der Waals surface area contributed by atoms with E-state index in [1.807, 2.05) is 29.2 Å². The van der Waals surface area contributed by atoms with Gasteiger partial charge in [0.05, 0.1) is 17.6 Å². The van der Waals surface area contributed by atoms with E-state index < -0.39 is 0 Å². The van der Waals surface area contributed by atoms with Crippen molar-refractivity contribution in [2.45, 2.75) is 51.5 Å². The molecule has 1 N–H and O–H groups in total. The van der Waals surface area contributed by atoms with Crippen LogP contribution in [0.3, 0.4) is 0 Å². The van der Waals surface area contributed by atoms with Crippen molar-refractivity contribution in [3.05, 3.63) is 58.1 Å². The van der Waals surface area contributed by atoms with Gasteiger partial charge in [0.25, 0.3) is 11.6 Å². The van der Waals surface area contributed by atoms with Gasteiger partial charge in [-0.1, -0.05) is 12.1 Å². The number of carbonyl (C=O) groups is 1.